The zero-order valence-corrected chi connectivity index (χ0v) is 9.22. The highest BCUT2D eigenvalue weighted by atomic mass is 127. The molecule has 4 heteroatoms. The van der Waals surface area contributed by atoms with Gasteiger partial charge in [-0.25, -0.2) is 0 Å². The molecule has 2 rings (SSSR count). The van der Waals surface area contributed by atoms with Crippen LogP contribution in [0.3, 0.4) is 0 Å². The Morgan fingerprint density at radius 2 is 2.00 bits per heavy atom. The first kappa shape index (κ1) is 9.39. The fraction of sp³-hybridized carbons (Fsp3) is 0. The summed E-state index contributed by atoms with van der Waals surface area (Å²) >= 11 is 1.97. The molecule has 1 N–H and O–H groups in total. The smallest absolute Gasteiger partial charge is 0.158 e. The lowest BCUT2D eigenvalue weighted by atomic mass is 10.1. The first-order valence-electron chi connectivity index (χ1n) is 3.97. The molecule has 0 bridgehead atoms. The van der Waals surface area contributed by atoms with Gasteiger partial charge in [0.15, 0.2) is 11.4 Å². The average molecular weight is 299 g/mol. The largest absolute Gasteiger partial charge is 0.505 e. The van der Waals surface area contributed by atoms with Gasteiger partial charge in [0.1, 0.15) is 0 Å². The standard InChI is InChI=1S/C10H6INO2/c11-8-5-6-3-1-2-4-7(6)9(12-14)10(8)13/h1-5,13H. The number of nitroso groups, excluding NO2 is 1. The molecule has 0 fully saturated rings. The molecule has 0 aliphatic rings. The van der Waals surface area contributed by atoms with Gasteiger partial charge in [-0.3, -0.25) is 0 Å². The van der Waals surface area contributed by atoms with Gasteiger partial charge in [0.25, 0.3) is 0 Å². The molecule has 2 aromatic rings. The van der Waals surface area contributed by atoms with Gasteiger partial charge in [-0.05, 0) is 39.2 Å². The van der Waals surface area contributed by atoms with E-state index in [-0.39, 0.29) is 11.4 Å². The van der Waals surface area contributed by atoms with Crippen molar-refractivity contribution in [2.45, 2.75) is 0 Å². The molecule has 0 aromatic heterocycles. The topological polar surface area (TPSA) is 49.7 Å². The summed E-state index contributed by atoms with van der Waals surface area (Å²) in [5, 5.41) is 14.0. The van der Waals surface area contributed by atoms with Crippen LogP contribution in [0.25, 0.3) is 10.8 Å². The summed E-state index contributed by atoms with van der Waals surface area (Å²) in [6.07, 6.45) is 0. The van der Waals surface area contributed by atoms with Crippen molar-refractivity contribution in [3.63, 3.8) is 0 Å². The lowest BCUT2D eigenvalue weighted by Gasteiger charge is -2.04. The molecule has 0 aliphatic heterocycles. The van der Waals surface area contributed by atoms with Crippen LogP contribution in [0.5, 0.6) is 5.75 Å². The van der Waals surface area contributed by atoms with E-state index >= 15 is 0 Å². The SMILES string of the molecule is O=Nc1c(O)c(I)cc2ccccc12. The predicted molar refractivity (Wildman–Crippen MR) is 63.8 cm³/mol. The second-order valence-electron chi connectivity index (χ2n) is 2.87. The highest BCUT2D eigenvalue weighted by Crippen LogP contribution is 2.38. The molecule has 0 unspecified atom stereocenters. The van der Waals surface area contributed by atoms with E-state index in [0.29, 0.717) is 8.96 Å². The van der Waals surface area contributed by atoms with Gasteiger partial charge < -0.3 is 5.11 Å². The van der Waals surface area contributed by atoms with Crippen molar-refractivity contribution < 1.29 is 5.11 Å². The number of benzene rings is 2. The third-order valence-electron chi connectivity index (χ3n) is 2.04. The molecular formula is C10H6INO2. The van der Waals surface area contributed by atoms with Crippen LogP contribution in [0.4, 0.5) is 5.69 Å². The highest BCUT2D eigenvalue weighted by Gasteiger charge is 2.10. The van der Waals surface area contributed by atoms with E-state index in [4.69, 9.17) is 0 Å². The van der Waals surface area contributed by atoms with E-state index in [2.05, 4.69) is 5.18 Å². The summed E-state index contributed by atoms with van der Waals surface area (Å²) in [6, 6.07) is 9.15. The third kappa shape index (κ3) is 1.35. The van der Waals surface area contributed by atoms with Gasteiger partial charge in [-0.15, -0.1) is 4.91 Å². The Hall–Kier alpha value is -1.17. The van der Waals surface area contributed by atoms with Crippen molar-refractivity contribution in [1.29, 1.82) is 0 Å². The van der Waals surface area contributed by atoms with Crippen molar-refractivity contribution in [2.24, 2.45) is 5.18 Å². The number of phenolic OH excluding ortho intramolecular Hbond substituents is 1. The van der Waals surface area contributed by atoms with E-state index in [0.717, 1.165) is 5.39 Å². The molecule has 0 atom stereocenters. The van der Waals surface area contributed by atoms with Gasteiger partial charge in [-0.2, -0.15) is 0 Å². The van der Waals surface area contributed by atoms with Crippen LogP contribution in [0.15, 0.2) is 35.5 Å². The van der Waals surface area contributed by atoms with Gasteiger partial charge in [0.2, 0.25) is 0 Å². The Balaban J connectivity index is 2.96. The Labute approximate surface area is 93.9 Å². The van der Waals surface area contributed by atoms with Crippen LogP contribution in [0.1, 0.15) is 0 Å². The molecule has 0 saturated heterocycles. The van der Waals surface area contributed by atoms with E-state index < -0.39 is 0 Å². The number of hydrogen-bond acceptors (Lipinski definition) is 3. The number of hydrogen-bond donors (Lipinski definition) is 1. The number of rotatable bonds is 1. The predicted octanol–water partition coefficient (Wildman–Crippen LogP) is 3.55. The van der Waals surface area contributed by atoms with Crippen molar-refractivity contribution in [1.82, 2.24) is 0 Å². The quantitative estimate of drug-likeness (QED) is 0.646. The van der Waals surface area contributed by atoms with Crippen LogP contribution >= 0.6 is 22.6 Å². The van der Waals surface area contributed by atoms with Gasteiger partial charge in [0, 0.05) is 5.39 Å². The Bertz CT molecular complexity index is 511. The maximum atomic E-state index is 10.6. The molecule has 2 aromatic carbocycles. The van der Waals surface area contributed by atoms with Gasteiger partial charge in [-0.1, -0.05) is 24.3 Å². The van der Waals surface area contributed by atoms with Crippen LogP contribution in [0.2, 0.25) is 0 Å². The molecule has 0 amide bonds. The summed E-state index contributed by atoms with van der Waals surface area (Å²) in [4.78, 5) is 10.6. The third-order valence-corrected chi connectivity index (χ3v) is 2.86. The first-order valence-corrected chi connectivity index (χ1v) is 5.05. The van der Waals surface area contributed by atoms with E-state index in [9.17, 15) is 10.0 Å². The Kier molecular flexibility index (Phi) is 2.37. The van der Waals surface area contributed by atoms with Crippen molar-refractivity contribution in [2.75, 3.05) is 0 Å². The zero-order chi connectivity index (χ0) is 10.1. The summed E-state index contributed by atoms with van der Waals surface area (Å²) in [5.74, 6) is -0.0423. The maximum Gasteiger partial charge on any atom is 0.158 e. The molecule has 0 aliphatic carbocycles. The van der Waals surface area contributed by atoms with Gasteiger partial charge in [0.05, 0.1) is 3.57 Å². The number of aromatic hydroxyl groups is 1. The molecule has 0 spiro atoms. The lowest BCUT2D eigenvalue weighted by Crippen LogP contribution is -1.79. The van der Waals surface area contributed by atoms with Crippen LogP contribution in [-0.2, 0) is 0 Å². The summed E-state index contributed by atoms with van der Waals surface area (Å²) < 4.78 is 0.635. The summed E-state index contributed by atoms with van der Waals surface area (Å²) in [7, 11) is 0. The van der Waals surface area contributed by atoms with Crippen molar-refractivity contribution in [3.8, 4) is 5.75 Å². The minimum absolute atomic E-state index is 0.0423. The summed E-state index contributed by atoms with van der Waals surface area (Å²) in [5.41, 5.74) is 0.118. The van der Waals surface area contributed by atoms with Gasteiger partial charge >= 0.3 is 0 Å². The molecule has 0 heterocycles. The Morgan fingerprint density at radius 3 is 2.71 bits per heavy atom. The Morgan fingerprint density at radius 1 is 1.29 bits per heavy atom. The van der Waals surface area contributed by atoms with Crippen LogP contribution in [-0.4, -0.2) is 5.11 Å². The van der Waals surface area contributed by atoms with Crippen molar-refractivity contribution >= 4 is 39.1 Å². The monoisotopic (exact) mass is 299 g/mol. The molecule has 0 saturated carbocycles. The lowest BCUT2D eigenvalue weighted by molar-refractivity contribution is 0.474. The molecule has 0 radical (unpaired) electrons. The molecule has 3 nitrogen and oxygen atoms in total. The van der Waals surface area contributed by atoms with Crippen molar-refractivity contribution in [3.05, 3.63) is 38.8 Å². The summed E-state index contributed by atoms with van der Waals surface area (Å²) in [6.45, 7) is 0. The zero-order valence-electron chi connectivity index (χ0n) is 7.07. The first-order chi connectivity index (χ1) is 6.74. The number of fused-ring (bicyclic) bond motifs is 1. The number of halogens is 1. The molecule has 14 heavy (non-hydrogen) atoms. The van der Waals surface area contributed by atoms with E-state index in [1.165, 1.54) is 0 Å². The number of phenols is 1. The fourth-order valence-corrected chi connectivity index (χ4v) is 1.97. The van der Waals surface area contributed by atoms with E-state index in [1.807, 2.05) is 46.9 Å². The normalized spacial score (nSPS) is 10.4. The second kappa shape index (κ2) is 3.53. The highest BCUT2D eigenvalue weighted by molar-refractivity contribution is 14.1. The minimum atomic E-state index is -0.0423. The van der Waals surface area contributed by atoms with E-state index in [1.54, 1.807) is 6.07 Å². The molecular weight excluding hydrogens is 293 g/mol. The number of nitrogens with zero attached hydrogens (tertiary/aromatic N) is 1. The van der Waals surface area contributed by atoms with Crippen LogP contribution in [0, 0.1) is 8.48 Å². The second-order valence-corrected chi connectivity index (χ2v) is 4.03. The van der Waals surface area contributed by atoms with Crippen LogP contribution < -0.4 is 0 Å². The maximum absolute atomic E-state index is 10.6. The fourth-order valence-electron chi connectivity index (χ4n) is 1.38. The minimum Gasteiger partial charge on any atom is -0.505 e. The molecule has 70 valence electrons. The average Bonchev–Trinajstić information content (AvgIpc) is 2.20.